The number of hydrogen-bond acceptors (Lipinski definition) is 6. The van der Waals surface area contributed by atoms with Crippen molar-refractivity contribution >= 4 is 28.2 Å². The average Bonchev–Trinajstić information content (AvgIpc) is 2.87. The van der Waals surface area contributed by atoms with E-state index in [1.807, 2.05) is 18.9 Å². The van der Waals surface area contributed by atoms with E-state index in [0.29, 0.717) is 16.6 Å². The standard InChI is InChI=1S/C14H25N5OS/c1-4-19(3)14-17-12(15)11(21-14)13(20)16-9-10-5-7-18(2)8-6-10/h10H,4-9,15H2,1-3H3,(H,16,20). The van der Waals surface area contributed by atoms with Crippen molar-refractivity contribution in [2.75, 3.05) is 50.9 Å². The van der Waals surface area contributed by atoms with E-state index in [9.17, 15) is 4.79 Å². The smallest absolute Gasteiger partial charge is 0.265 e. The second-order valence-electron chi connectivity index (χ2n) is 5.68. The van der Waals surface area contributed by atoms with Gasteiger partial charge < -0.3 is 20.9 Å². The van der Waals surface area contributed by atoms with E-state index in [1.165, 1.54) is 11.3 Å². The molecular formula is C14H25N5OS. The lowest BCUT2D eigenvalue weighted by Crippen LogP contribution is -2.36. The Hall–Kier alpha value is -1.34. The molecule has 0 saturated carbocycles. The zero-order chi connectivity index (χ0) is 15.4. The van der Waals surface area contributed by atoms with Gasteiger partial charge in [-0.25, -0.2) is 4.98 Å². The number of hydrogen-bond donors (Lipinski definition) is 2. The Labute approximate surface area is 130 Å². The Kier molecular flexibility index (Phi) is 5.41. The number of aromatic nitrogens is 1. The van der Waals surface area contributed by atoms with Crippen LogP contribution in [0, 0.1) is 5.92 Å². The minimum atomic E-state index is -0.0975. The van der Waals surface area contributed by atoms with Crippen molar-refractivity contribution in [2.45, 2.75) is 19.8 Å². The van der Waals surface area contributed by atoms with Gasteiger partial charge in [-0.3, -0.25) is 4.79 Å². The van der Waals surface area contributed by atoms with Gasteiger partial charge in [-0.05, 0) is 45.8 Å². The van der Waals surface area contributed by atoms with E-state index in [2.05, 4.69) is 22.2 Å². The molecule has 0 spiro atoms. The minimum absolute atomic E-state index is 0.0975. The summed E-state index contributed by atoms with van der Waals surface area (Å²) in [4.78, 5) is 21.3. The first kappa shape index (κ1) is 16.0. The van der Waals surface area contributed by atoms with Crippen molar-refractivity contribution < 1.29 is 4.79 Å². The zero-order valence-corrected chi connectivity index (χ0v) is 13.9. The molecule has 21 heavy (non-hydrogen) atoms. The van der Waals surface area contributed by atoms with E-state index in [4.69, 9.17) is 5.73 Å². The van der Waals surface area contributed by atoms with E-state index < -0.39 is 0 Å². The van der Waals surface area contributed by atoms with Crippen LogP contribution in [0.25, 0.3) is 0 Å². The number of carbonyl (C=O) groups is 1. The number of piperidine rings is 1. The van der Waals surface area contributed by atoms with Crippen LogP contribution >= 0.6 is 11.3 Å². The van der Waals surface area contributed by atoms with E-state index in [-0.39, 0.29) is 5.91 Å². The third-order valence-corrected chi connectivity index (χ3v) is 5.22. The van der Waals surface area contributed by atoms with Crippen LogP contribution in [0.1, 0.15) is 29.4 Å². The Balaban J connectivity index is 1.90. The highest BCUT2D eigenvalue weighted by Crippen LogP contribution is 2.27. The molecule has 7 heteroatoms. The summed E-state index contributed by atoms with van der Waals surface area (Å²) >= 11 is 1.36. The molecule has 1 amide bonds. The Morgan fingerprint density at radius 1 is 1.52 bits per heavy atom. The number of nitrogens with one attached hydrogen (secondary N) is 1. The van der Waals surface area contributed by atoms with Crippen molar-refractivity contribution in [1.82, 2.24) is 15.2 Å². The Bertz CT molecular complexity index is 482. The highest BCUT2D eigenvalue weighted by molar-refractivity contribution is 7.18. The predicted octanol–water partition coefficient (Wildman–Crippen LogP) is 1.25. The molecule has 118 valence electrons. The van der Waals surface area contributed by atoms with Gasteiger partial charge in [-0.2, -0.15) is 0 Å². The number of rotatable bonds is 5. The molecule has 2 rings (SSSR count). The first-order valence-electron chi connectivity index (χ1n) is 7.45. The molecule has 1 fully saturated rings. The molecule has 2 heterocycles. The number of thiazole rings is 1. The average molecular weight is 311 g/mol. The maximum Gasteiger partial charge on any atom is 0.265 e. The second kappa shape index (κ2) is 7.09. The summed E-state index contributed by atoms with van der Waals surface area (Å²) in [5.74, 6) is 0.799. The molecule has 1 aromatic heterocycles. The van der Waals surface area contributed by atoms with E-state index in [1.54, 1.807) is 0 Å². The van der Waals surface area contributed by atoms with Gasteiger partial charge in [0, 0.05) is 20.1 Å². The van der Waals surface area contributed by atoms with Crippen molar-refractivity contribution in [3.05, 3.63) is 4.88 Å². The SMILES string of the molecule is CCN(C)c1nc(N)c(C(=O)NCC2CCN(C)CC2)s1. The lowest BCUT2D eigenvalue weighted by molar-refractivity contribution is 0.0944. The number of nitrogens with zero attached hydrogens (tertiary/aromatic N) is 3. The van der Waals surface area contributed by atoms with Gasteiger partial charge in [0.25, 0.3) is 5.91 Å². The molecule has 6 nitrogen and oxygen atoms in total. The number of anilines is 2. The molecule has 0 bridgehead atoms. The molecule has 1 aliphatic heterocycles. The lowest BCUT2D eigenvalue weighted by atomic mass is 9.97. The number of carbonyl (C=O) groups excluding carboxylic acids is 1. The van der Waals surface area contributed by atoms with E-state index >= 15 is 0 Å². The number of likely N-dealkylation sites (tertiary alicyclic amines) is 1. The Morgan fingerprint density at radius 3 is 2.81 bits per heavy atom. The normalized spacial score (nSPS) is 16.9. The quantitative estimate of drug-likeness (QED) is 0.856. The number of nitrogens with two attached hydrogens (primary N) is 1. The summed E-state index contributed by atoms with van der Waals surface area (Å²) in [6.07, 6.45) is 2.28. The van der Waals surface area contributed by atoms with Crippen LogP contribution in [-0.2, 0) is 0 Å². The van der Waals surface area contributed by atoms with Crippen molar-refractivity contribution in [1.29, 1.82) is 0 Å². The lowest BCUT2D eigenvalue weighted by Gasteiger charge is -2.28. The molecule has 0 atom stereocenters. The van der Waals surface area contributed by atoms with Gasteiger partial charge in [0.05, 0.1) is 0 Å². The van der Waals surface area contributed by atoms with Crippen molar-refractivity contribution in [2.24, 2.45) is 5.92 Å². The number of amides is 1. The summed E-state index contributed by atoms with van der Waals surface area (Å²) in [7, 11) is 4.08. The fraction of sp³-hybridized carbons (Fsp3) is 0.714. The first-order chi connectivity index (χ1) is 10.0. The topological polar surface area (TPSA) is 74.5 Å². The van der Waals surface area contributed by atoms with Gasteiger partial charge in [0.1, 0.15) is 10.7 Å². The summed E-state index contributed by atoms with van der Waals surface area (Å²) in [6.45, 7) is 5.81. The maximum atomic E-state index is 12.2. The minimum Gasteiger partial charge on any atom is -0.382 e. The third-order valence-electron chi connectivity index (χ3n) is 4.04. The van der Waals surface area contributed by atoms with Gasteiger partial charge in [0.15, 0.2) is 5.13 Å². The molecule has 1 aliphatic rings. The van der Waals surface area contributed by atoms with Crippen LogP contribution in [0.3, 0.4) is 0 Å². The molecule has 0 radical (unpaired) electrons. The molecule has 0 aromatic carbocycles. The van der Waals surface area contributed by atoms with Gasteiger partial charge >= 0.3 is 0 Å². The second-order valence-corrected chi connectivity index (χ2v) is 6.66. The molecule has 1 aromatic rings. The fourth-order valence-corrected chi connectivity index (χ4v) is 3.29. The van der Waals surface area contributed by atoms with Gasteiger partial charge in [0.2, 0.25) is 0 Å². The summed E-state index contributed by atoms with van der Waals surface area (Å²) in [6, 6.07) is 0. The predicted molar refractivity (Wildman–Crippen MR) is 88.0 cm³/mol. The van der Waals surface area contributed by atoms with Crippen LogP contribution in [-0.4, -0.2) is 56.1 Å². The first-order valence-corrected chi connectivity index (χ1v) is 8.27. The maximum absolute atomic E-state index is 12.2. The van der Waals surface area contributed by atoms with Crippen LogP contribution in [0.15, 0.2) is 0 Å². The Morgan fingerprint density at radius 2 is 2.19 bits per heavy atom. The van der Waals surface area contributed by atoms with E-state index in [0.717, 1.165) is 44.2 Å². The summed E-state index contributed by atoms with van der Waals surface area (Å²) < 4.78 is 0. The van der Waals surface area contributed by atoms with Crippen LogP contribution in [0.5, 0.6) is 0 Å². The third kappa shape index (κ3) is 4.07. The molecular weight excluding hydrogens is 286 g/mol. The zero-order valence-electron chi connectivity index (χ0n) is 13.1. The van der Waals surface area contributed by atoms with Crippen molar-refractivity contribution in [3.63, 3.8) is 0 Å². The largest absolute Gasteiger partial charge is 0.382 e. The molecule has 1 saturated heterocycles. The number of nitrogen functional groups attached to an aromatic ring is 1. The van der Waals surface area contributed by atoms with Crippen LogP contribution in [0.4, 0.5) is 10.9 Å². The molecule has 0 aliphatic carbocycles. The van der Waals surface area contributed by atoms with Gasteiger partial charge in [-0.1, -0.05) is 11.3 Å². The summed E-state index contributed by atoms with van der Waals surface area (Å²) in [5.41, 5.74) is 5.87. The highest BCUT2D eigenvalue weighted by Gasteiger charge is 2.20. The monoisotopic (exact) mass is 311 g/mol. The van der Waals surface area contributed by atoms with Gasteiger partial charge in [-0.15, -0.1) is 0 Å². The van der Waals surface area contributed by atoms with Crippen molar-refractivity contribution in [3.8, 4) is 0 Å². The van der Waals surface area contributed by atoms with Crippen LogP contribution < -0.4 is 16.0 Å². The fourth-order valence-electron chi connectivity index (χ4n) is 2.36. The highest BCUT2D eigenvalue weighted by atomic mass is 32.1. The molecule has 3 N–H and O–H groups in total. The molecule has 0 unspecified atom stereocenters. The summed E-state index contributed by atoms with van der Waals surface area (Å²) in [5, 5.41) is 3.80. The van der Waals surface area contributed by atoms with Crippen LogP contribution in [0.2, 0.25) is 0 Å².